The van der Waals surface area contributed by atoms with E-state index in [2.05, 4.69) is 44.2 Å². The average molecular weight is 363 g/mol. The second-order valence-electron chi connectivity index (χ2n) is 5.54. The van der Waals surface area contributed by atoms with Gasteiger partial charge in [0, 0.05) is 18.3 Å². The lowest BCUT2D eigenvalue weighted by Crippen LogP contribution is -2.28. The Balaban J connectivity index is 3.68. The molecule has 1 amide bonds. The van der Waals surface area contributed by atoms with Gasteiger partial charge in [-0.1, -0.05) is 55.2 Å². The van der Waals surface area contributed by atoms with Crippen LogP contribution in [0, 0.1) is 18.3 Å². The van der Waals surface area contributed by atoms with E-state index in [4.69, 9.17) is 15.9 Å². The molecule has 5 nitrogen and oxygen atoms in total. The molecular formula is C16H30N2O3S2. The van der Waals surface area contributed by atoms with Crippen molar-refractivity contribution in [2.75, 3.05) is 38.7 Å². The number of nitrogens with one attached hydrogen (secondary N) is 2. The van der Waals surface area contributed by atoms with Crippen LogP contribution < -0.4 is 10.6 Å². The predicted molar refractivity (Wildman–Crippen MR) is 100 cm³/mol. The average Bonchev–Trinajstić information content (AvgIpc) is 2.49. The Hall–Kier alpha value is -0.390. The molecule has 0 saturated heterocycles. The third kappa shape index (κ3) is 14.9. The van der Waals surface area contributed by atoms with Gasteiger partial charge in [-0.15, -0.1) is 6.42 Å². The lowest BCUT2D eigenvalue weighted by atomic mass is 10.2. The van der Waals surface area contributed by atoms with Crippen molar-refractivity contribution in [2.45, 2.75) is 39.2 Å². The molecule has 0 fully saturated rings. The minimum absolute atomic E-state index is 0.0140. The third-order valence-corrected chi connectivity index (χ3v) is 5.43. The molecule has 7 heteroatoms. The van der Waals surface area contributed by atoms with Crippen LogP contribution in [-0.2, 0) is 14.3 Å². The van der Waals surface area contributed by atoms with E-state index >= 15 is 0 Å². The summed E-state index contributed by atoms with van der Waals surface area (Å²) < 4.78 is 11.1. The molecule has 0 aliphatic heterocycles. The topological polar surface area (TPSA) is 59.6 Å². The van der Waals surface area contributed by atoms with Crippen LogP contribution in [0.2, 0.25) is 0 Å². The van der Waals surface area contributed by atoms with Crippen molar-refractivity contribution in [2.24, 2.45) is 5.92 Å². The molecule has 0 aromatic heterocycles. The van der Waals surface area contributed by atoms with Crippen molar-refractivity contribution in [1.82, 2.24) is 10.6 Å². The molecule has 23 heavy (non-hydrogen) atoms. The van der Waals surface area contributed by atoms with Gasteiger partial charge in [-0.3, -0.25) is 4.79 Å². The van der Waals surface area contributed by atoms with Gasteiger partial charge in [0.25, 0.3) is 0 Å². The molecule has 1 atom stereocenters. The number of hydrogen-bond acceptors (Lipinski definition) is 6. The summed E-state index contributed by atoms with van der Waals surface area (Å²) in [7, 11) is 3.57. The van der Waals surface area contributed by atoms with Crippen LogP contribution in [-0.4, -0.2) is 56.0 Å². The summed E-state index contributed by atoms with van der Waals surface area (Å²) in [6.45, 7) is 10.7. The van der Waals surface area contributed by atoms with Crippen molar-refractivity contribution < 1.29 is 14.3 Å². The molecule has 0 saturated carbocycles. The van der Waals surface area contributed by atoms with Gasteiger partial charge >= 0.3 is 0 Å². The fourth-order valence-corrected chi connectivity index (χ4v) is 4.00. The Bertz CT molecular complexity index is 347. The first kappa shape index (κ1) is 22.6. The van der Waals surface area contributed by atoms with Crippen LogP contribution in [0.4, 0.5) is 0 Å². The van der Waals surface area contributed by atoms with Crippen LogP contribution in [0.25, 0.3) is 0 Å². The Morgan fingerprint density at radius 2 is 2.00 bits per heavy atom. The van der Waals surface area contributed by atoms with E-state index in [0.717, 1.165) is 12.3 Å². The molecule has 0 spiro atoms. The number of ether oxygens (including phenoxy) is 2. The van der Waals surface area contributed by atoms with E-state index in [1.807, 2.05) is 10.8 Å². The van der Waals surface area contributed by atoms with E-state index < -0.39 is 0 Å². The van der Waals surface area contributed by atoms with Gasteiger partial charge in [0.15, 0.2) is 0 Å². The van der Waals surface area contributed by atoms with Crippen LogP contribution in [0.5, 0.6) is 0 Å². The summed E-state index contributed by atoms with van der Waals surface area (Å²) in [5.74, 6) is 3.60. The summed E-state index contributed by atoms with van der Waals surface area (Å²) in [6, 6.07) is 0.521. The maximum atomic E-state index is 11.3. The minimum Gasteiger partial charge on any atom is -0.369 e. The van der Waals surface area contributed by atoms with Crippen LogP contribution in [0.15, 0.2) is 0 Å². The Kier molecular flexibility index (Phi) is 14.9. The molecule has 2 N–H and O–H groups in total. The second-order valence-corrected chi connectivity index (χ2v) is 8.13. The molecule has 0 rings (SSSR count). The van der Waals surface area contributed by atoms with Crippen LogP contribution in [0.1, 0.15) is 27.7 Å². The number of amides is 1. The first-order valence-electron chi connectivity index (χ1n) is 7.88. The van der Waals surface area contributed by atoms with E-state index in [1.54, 1.807) is 10.8 Å². The molecule has 0 radical (unpaired) electrons. The molecular weight excluding hydrogens is 332 g/mol. The summed E-state index contributed by atoms with van der Waals surface area (Å²) in [5, 5.41) is 5.93. The zero-order valence-corrected chi connectivity index (χ0v) is 16.2. The van der Waals surface area contributed by atoms with Crippen molar-refractivity contribution in [1.29, 1.82) is 0 Å². The van der Waals surface area contributed by atoms with E-state index in [1.165, 1.54) is 0 Å². The van der Waals surface area contributed by atoms with E-state index in [0.29, 0.717) is 25.2 Å². The normalized spacial score (nSPS) is 12.4. The molecule has 0 bridgehead atoms. The van der Waals surface area contributed by atoms with Gasteiger partial charge in [0.1, 0.15) is 12.0 Å². The predicted octanol–water partition coefficient (Wildman–Crippen LogP) is 2.13. The highest BCUT2D eigenvalue weighted by Crippen LogP contribution is 2.31. The zero-order chi connectivity index (χ0) is 17.5. The first-order chi connectivity index (χ1) is 11.0. The Morgan fingerprint density at radius 3 is 2.61 bits per heavy atom. The molecule has 0 aliphatic rings. The lowest BCUT2D eigenvalue weighted by molar-refractivity contribution is -0.126. The fourth-order valence-electron chi connectivity index (χ4n) is 1.42. The second kappa shape index (κ2) is 15.2. The summed E-state index contributed by atoms with van der Waals surface area (Å²) >= 11 is 0. The Labute approximate surface area is 148 Å². The molecule has 1 unspecified atom stereocenters. The van der Waals surface area contributed by atoms with Crippen molar-refractivity contribution in [3.63, 3.8) is 0 Å². The molecule has 134 valence electrons. The van der Waals surface area contributed by atoms with Gasteiger partial charge < -0.3 is 20.1 Å². The highest BCUT2D eigenvalue weighted by atomic mass is 33.1. The van der Waals surface area contributed by atoms with Crippen molar-refractivity contribution >= 4 is 27.5 Å². The third-order valence-electron chi connectivity index (χ3n) is 2.58. The summed E-state index contributed by atoms with van der Waals surface area (Å²) in [4.78, 5) is 11.3. The molecule has 0 aromatic carbocycles. The summed E-state index contributed by atoms with van der Waals surface area (Å²) in [5.41, 5.74) is 0.123. The van der Waals surface area contributed by atoms with Gasteiger partial charge in [-0.2, -0.15) is 0 Å². The van der Waals surface area contributed by atoms with E-state index in [9.17, 15) is 4.79 Å². The quantitative estimate of drug-likeness (QED) is 0.214. The van der Waals surface area contributed by atoms with Gasteiger partial charge in [0.2, 0.25) is 5.91 Å². The van der Waals surface area contributed by atoms with E-state index in [-0.39, 0.29) is 24.5 Å². The zero-order valence-electron chi connectivity index (χ0n) is 14.6. The molecule has 0 aromatic rings. The molecule has 0 heterocycles. The number of rotatable bonds is 14. The lowest BCUT2D eigenvalue weighted by Gasteiger charge is -2.20. The smallest absolute Gasteiger partial charge is 0.246 e. The molecule has 0 aliphatic carbocycles. The van der Waals surface area contributed by atoms with Crippen molar-refractivity contribution in [3.8, 4) is 12.3 Å². The van der Waals surface area contributed by atoms with Crippen LogP contribution >= 0.6 is 21.6 Å². The largest absolute Gasteiger partial charge is 0.369 e. The number of hydrogen-bond donors (Lipinski definition) is 2. The fraction of sp³-hybridized carbons (Fsp3) is 0.812. The highest BCUT2D eigenvalue weighted by Gasteiger charge is 2.14. The summed E-state index contributed by atoms with van der Waals surface area (Å²) in [6.07, 6.45) is 5.05. The maximum absolute atomic E-state index is 11.3. The van der Waals surface area contributed by atoms with Gasteiger partial charge in [-0.05, 0) is 5.92 Å². The van der Waals surface area contributed by atoms with Crippen LogP contribution in [0.3, 0.4) is 0 Å². The minimum atomic E-state index is -0.203. The highest BCUT2D eigenvalue weighted by molar-refractivity contribution is 8.76. The number of carbonyl (C=O) groups is 1. The van der Waals surface area contributed by atoms with Crippen molar-refractivity contribution in [3.05, 3.63) is 0 Å². The first-order valence-corrected chi connectivity index (χ1v) is 10.3. The maximum Gasteiger partial charge on any atom is 0.246 e. The number of terminal acetylenes is 1. The standard InChI is InChI=1S/C16H30N2O3S2/c1-6-7-18-15(19)12-20-9-10-21-16(13(2)3)23-22-11-8-17-14(4)5/h1,13-14,16-17H,7-12H2,2-5H3,(H,18,19). The van der Waals surface area contributed by atoms with Gasteiger partial charge in [0.05, 0.1) is 19.8 Å². The van der Waals surface area contributed by atoms with Gasteiger partial charge in [-0.25, -0.2) is 0 Å². The monoisotopic (exact) mass is 362 g/mol. The Morgan fingerprint density at radius 1 is 1.26 bits per heavy atom. The number of carbonyl (C=O) groups excluding carboxylic acids is 1. The SMILES string of the molecule is C#CCNC(=O)COCCOC(SSCCNC(C)C)C(C)C.